The van der Waals surface area contributed by atoms with E-state index in [1.165, 1.54) is 36.7 Å². The molecule has 0 saturated carbocycles. The van der Waals surface area contributed by atoms with Crippen LogP contribution in [0.5, 0.6) is 17.2 Å². The molecule has 0 spiro atoms. The zero-order valence-corrected chi connectivity index (χ0v) is 17.5. The summed E-state index contributed by atoms with van der Waals surface area (Å²) in [6, 6.07) is 14.1. The highest BCUT2D eigenvalue weighted by Crippen LogP contribution is 2.48. The molecule has 0 aliphatic carbocycles. The van der Waals surface area contributed by atoms with Crippen molar-refractivity contribution < 1.29 is 27.0 Å². The van der Waals surface area contributed by atoms with Crippen LogP contribution in [-0.4, -0.2) is 29.7 Å². The van der Waals surface area contributed by atoms with Gasteiger partial charge in [-0.15, -0.1) is 0 Å². The molecule has 30 heavy (non-hydrogen) atoms. The molecule has 0 aromatic heterocycles. The molecule has 8 heteroatoms. The summed E-state index contributed by atoms with van der Waals surface area (Å²) in [5, 5.41) is 0. The van der Waals surface area contributed by atoms with Gasteiger partial charge in [-0.1, -0.05) is 12.1 Å². The standard InChI is InChI=1S/C22H20FNO5S/c1-27-16-8-9-19-17(10-16)18-11-20(28-2)21(29-3)12-22(18)30(25,26)24(19)13-14-4-6-15(23)7-5-14/h4-12H,13H2,1-3H3. The maximum Gasteiger partial charge on any atom is 0.265 e. The number of sulfonamides is 1. The third-order valence-electron chi connectivity index (χ3n) is 5.06. The first-order chi connectivity index (χ1) is 14.4. The zero-order chi connectivity index (χ0) is 21.5. The molecular formula is C22H20FNO5S. The lowest BCUT2D eigenvalue weighted by atomic mass is 10.0. The second-order valence-electron chi connectivity index (χ2n) is 6.72. The molecule has 0 bridgehead atoms. The van der Waals surface area contributed by atoms with E-state index in [1.54, 1.807) is 43.5 Å². The van der Waals surface area contributed by atoms with Crippen molar-refractivity contribution in [1.29, 1.82) is 0 Å². The largest absolute Gasteiger partial charge is 0.497 e. The molecule has 1 aliphatic rings. The molecule has 156 valence electrons. The van der Waals surface area contributed by atoms with Crippen LogP contribution in [0.3, 0.4) is 0 Å². The summed E-state index contributed by atoms with van der Waals surface area (Å²) < 4.78 is 57.8. The van der Waals surface area contributed by atoms with Crippen molar-refractivity contribution in [2.75, 3.05) is 25.6 Å². The second-order valence-corrected chi connectivity index (χ2v) is 8.56. The lowest BCUT2D eigenvalue weighted by Crippen LogP contribution is -2.34. The van der Waals surface area contributed by atoms with Crippen LogP contribution in [0, 0.1) is 5.82 Å². The van der Waals surface area contributed by atoms with E-state index >= 15 is 0 Å². The van der Waals surface area contributed by atoms with Crippen molar-refractivity contribution in [3.8, 4) is 28.4 Å². The Morgan fingerprint density at radius 2 is 1.50 bits per heavy atom. The van der Waals surface area contributed by atoms with E-state index in [1.807, 2.05) is 0 Å². The molecular weight excluding hydrogens is 409 g/mol. The van der Waals surface area contributed by atoms with Crippen LogP contribution in [-0.2, 0) is 16.6 Å². The summed E-state index contributed by atoms with van der Waals surface area (Å²) in [5.41, 5.74) is 2.34. The van der Waals surface area contributed by atoms with Gasteiger partial charge in [0.25, 0.3) is 10.0 Å². The molecule has 3 aromatic carbocycles. The maximum atomic E-state index is 13.6. The fraction of sp³-hybridized carbons (Fsp3) is 0.182. The number of nitrogens with zero attached hydrogens (tertiary/aromatic N) is 1. The van der Waals surface area contributed by atoms with Crippen LogP contribution in [0.1, 0.15) is 5.56 Å². The van der Waals surface area contributed by atoms with Crippen LogP contribution in [0.25, 0.3) is 11.1 Å². The zero-order valence-electron chi connectivity index (χ0n) is 16.7. The van der Waals surface area contributed by atoms with Crippen molar-refractivity contribution in [3.05, 3.63) is 66.0 Å². The van der Waals surface area contributed by atoms with Gasteiger partial charge in [0, 0.05) is 17.2 Å². The number of benzene rings is 3. The Labute approximate surface area is 174 Å². The van der Waals surface area contributed by atoms with Gasteiger partial charge < -0.3 is 14.2 Å². The first-order valence-corrected chi connectivity index (χ1v) is 10.5. The van der Waals surface area contributed by atoms with E-state index in [0.29, 0.717) is 39.6 Å². The van der Waals surface area contributed by atoms with Gasteiger partial charge in [-0.3, -0.25) is 4.31 Å². The molecule has 0 N–H and O–H groups in total. The minimum atomic E-state index is -3.92. The summed E-state index contributed by atoms with van der Waals surface area (Å²) in [7, 11) is 0.576. The highest BCUT2D eigenvalue weighted by molar-refractivity contribution is 7.93. The molecule has 0 fully saturated rings. The van der Waals surface area contributed by atoms with Gasteiger partial charge in [-0.05, 0) is 42.0 Å². The molecule has 6 nitrogen and oxygen atoms in total. The fourth-order valence-corrected chi connectivity index (χ4v) is 5.21. The van der Waals surface area contributed by atoms with Gasteiger partial charge in [-0.2, -0.15) is 0 Å². The van der Waals surface area contributed by atoms with Crippen molar-refractivity contribution in [3.63, 3.8) is 0 Å². The smallest absolute Gasteiger partial charge is 0.265 e. The summed E-state index contributed by atoms with van der Waals surface area (Å²) >= 11 is 0. The molecule has 0 atom stereocenters. The summed E-state index contributed by atoms with van der Waals surface area (Å²) in [6.07, 6.45) is 0. The minimum Gasteiger partial charge on any atom is -0.497 e. The normalized spacial score (nSPS) is 13.9. The van der Waals surface area contributed by atoms with Crippen LogP contribution in [0.2, 0.25) is 0 Å². The number of rotatable bonds is 5. The SMILES string of the molecule is COc1ccc2c(c1)-c1cc(OC)c(OC)cc1S(=O)(=O)N2Cc1ccc(F)cc1. The molecule has 0 radical (unpaired) electrons. The number of methoxy groups -OCH3 is 3. The van der Waals surface area contributed by atoms with E-state index in [4.69, 9.17) is 14.2 Å². The molecule has 4 rings (SSSR count). The van der Waals surface area contributed by atoms with Gasteiger partial charge in [0.1, 0.15) is 11.6 Å². The topological polar surface area (TPSA) is 65.1 Å². The van der Waals surface area contributed by atoms with Crippen molar-refractivity contribution in [2.24, 2.45) is 0 Å². The molecule has 1 aliphatic heterocycles. The number of halogens is 1. The van der Waals surface area contributed by atoms with E-state index in [0.717, 1.165) is 0 Å². The number of ether oxygens (including phenoxy) is 3. The second kappa shape index (κ2) is 7.53. The lowest BCUT2D eigenvalue weighted by molar-refractivity contribution is 0.354. The van der Waals surface area contributed by atoms with Crippen LogP contribution < -0.4 is 18.5 Å². The molecule has 3 aromatic rings. The number of hydrogen-bond acceptors (Lipinski definition) is 5. The summed E-state index contributed by atoms with van der Waals surface area (Å²) in [6.45, 7) is 0.0513. The first kappa shape index (κ1) is 20.0. The van der Waals surface area contributed by atoms with Gasteiger partial charge >= 0.3 is 0 Å². The maximum absolute atomic E-state index is 13.6. The molecule has 1 heterocycles. The highest BCUT2D eigenvalue weighted by Gasteiger charge is 2.36. The Hall–Kier alpha value is -3.26. The van der Waals surface area contributed by atoms with Crippen molar-refractivity contribution >= 4 is 15.7 Å². The van der Waals surface area contributed by atoms with Gasteiger partial charge in [0.2, 0.25) is 0 Å². The Bertz CT molecular complexity index is 1210. The Kier molecular flexibility index (Phi) is 5.03. The van der Waals surface area contributed by atoms with E-state index in [9.17, 15) is 12.8 Å². The average molecular weight is 429 g/mol. The number of anilines is 1. The van der Waals surface area contributed by atoms with E-state index in [2.05, 4.69) is 0 Å². The Morgan fingerprint density at radius 1 is 0.833 bits per heavy atom. The monoisotopic (exact) mass is 429 g/mol. The predicted octanol–water partition coefficient (Wildman–Crippen LogP) is 4.23. The van der Waals surface area contributed by atoms with Gasteiger partial charge in [0.05, 0.1) is 38.5 Å². The Morgan fingerprint density at radius 3 is 2.13 bits per heavy atom. The predicted molar refractivity (Wildman–Crippen MR) is 111 cm³/mol. The van der Waals surface area contributed by atoms with Crippen LogP contribution in [0.15, 0.2) is 59.5 Å². The summed E-state index contributed by atoms with van der Waals surface area (Å²) in [5.74, 6) is 0.947. The molecule has 0 saturated heterocycles. The highest BCUT2D eigenvalue weighted by atomic mass is 32.2. The minimum absolute atomic E-state index is 0.0513. The van der Waals surface area contributed by atoms with Crippen LogP contribution >= 0.6 is 0 Å². The Balaban J connectivity index is 1.96. The van der Waals surface area contributed by atoms with Crippen molar-refractivity contribution in [1.82, 2.24) is 0 Å². The third kappa shape index (κ3) is 3.23. The average Bonchev–Trinajstić information content (AvgIpc) is 2.76. The van der Waals surface area contributed by atoms with Gasteiger partial charge in [-0.25, -0.2) is 12.8 Å². The van der Waals surface area contributed by atoms with Gasteiger partial charge in [0.15, 0.2) is 11.5 Å². The molecule has 0 amide bonds. The van der Waals surface area contributed by atoms with E-state index in [-0.39, 0.29) is 17.3 Å². The van der Waals surface area contributed by atoms with Crippen molar-refractivity contribution in [2.45, 2.75) is 11.4 Å². The van der Waals surface area contributed by atoms with E-state index < -0.39 is 10.0 Å². The summed E-state index contributed by atoms with van der Waals surface area (Å²) in [4.78, 5) is 0.100. The van der Waals surface area contributed by atoms with Crippen LogP contribution in [0.4, 0.5) is 10.1 Å². The fourth-order valence-electron chi connectivity index (χ4n) is 3.53. The lowest BCUT2D eigenvalue weighted by Gasteiger charge is -2.33. The third-order valence-corrected chi connectivity index (χ3v) is 6.86. The number of hydrogen-bond donors (Lipinski definition) is 0. The molecule has 0 unspecified atom stereocenters. The quantitative estimate of drug-likeness (QED) is 0.607. The first-order valence-electron chi connectivity index (χ1n) is 9.10. The number of fused-ring (bicyclic) bond motifs is 3.